The van der Waals surface area contributed by atoms with Crippen LogP contribution in [0.25, 0.3) is 0 Å². The van der Waals surface area contributed by atoms with Crippen LogP contribution < -0.4 is 5.32 Å². The van der Waals surface area contributed by atoms with Gasteiger partial charge in [-0.25, -0.2) is 0 Å². The number of benzene rings is 1. The molecular weight excluding hydrogens is 228 g/mol. The predicted molar refractivity (Wildman–Crippen MR) is 70.0 cm³/mol. The van der Waals surface area contributed by atoms with Crippen LogP contribution in [0.5, 0.6) is 0 Å². The zero-order chi connectivity index (χ0) is 12.8. The number of hydrogen-bond donors (Lipinski definition) is 2. The second-order valence-electron chi connectivity index (χ2n) is 4.77. The molecule has 0 bridgehead atoms. The summed E-state index contributed by atoms with van der Waals surface area (Å²) >= 11 is 0. The molecule has 0 saturated carbocycles. The molecule has 4 heteroatoms. The summed E-state index contributed by atoms with van der Waals surface area (Å²) in [4.78, 5) is 13.8. The molecular formula is C14H20N2O2. The number of hydrogen-bond acceptors (Lipinski definition) is 3. The van der Waals surface area contributed by atoms with Crippen molar-refractivity contribution in [2.75, 3.05) is 19.6 Å². The van der Waals surface area contributed by atoms with Crippen molar-refractivity contribution in [1.29, 1.82) is 0 Å². The second kappa shape index (κ2) is 6.52. The minimum absolute atomic E-state index is 0.0512. The van der Waals surface area contributed by atoms with Crippen LogP contribution in [0.4, 0.5) is 0 Å². The molecule has 1 heterocycles. The zero-order valence-corrected chi connectivity index (χ0v) is 10.5. The van der Waals surface area contributed by atoms with Crippen LogP contribution in [0.15, 0.2) is 30.3 Å². The van der Waals surface area contributed by atoms with E-state index in [9.17, 15) is 9.90 Å². The van der Waals surface area contributed by atoms with E-state index in [2.05, 4.69) is 10.2 Å². The van der Waals surface area contributed by atoms with Crippen molar-refractivity contribution >= 4 is 5.91 Å². The van der Waals surface area contributed by atoms with Gasteiger partial charge < -0.3 is 10.4 Å². The fourth-order valence-electron chi connectivity index (χ4n) is 2.13. The number of carbonyl (C=O) groups excluding carboxylic acids is 1. The molecule has 2 rings (SSSR count). The van der Waals surface area contributed by atoms with Crippen LogP contribution in [0.2, 0.25) is 0 Å². The van der Waals surface area contributed by atoms with Gasteiger partial charge in [-0.1, -0.05) is 30.3 Å². The maximum absolute atomic E-state index is 11.8. The molecule has 1 aliphatic rings. The van der Waals surface area contributed by atoms with E-state index in [4.69, 9.17) is 0 Å². The van der Waals surface area contributed by atoms with Gasteiger partial charge in [0.1, 0.15) is 0 Å². The molecule has 1 aromatic carbocycles. The average Bonchev–Trinajstić information content (AvgIpc) is 2.40. The van der Waals surface area contributed by atoms with E-state index in [0.717, 1.165) is 31.5 Å². The van der Waals surface area contributed by atoms with Crippen LogP contribution in [0.3, 0.4) is 0 Å². The van der Waals surface area contributed by atoms with Gasteiger partial charge in [0.2, 0.25) is 5.91 Å². The van der Waals surface area contributed by atoms with E-state index in [1.807, 2.05) is 30.3 Å². The lowest BCUT2D eigenvalue weighted by molar-refractivity contribution is -0.122. The fourth-order valence-corrected chi connectivity index (χ4v) is 2.13. The highest BCUT2D eigenvalue weighted by atomic mass is 16.3. The molecule has 1 aliphatic heterocycles. The predicted octanol–water partition coefficient (Wildman–Crippen LogP) is 0.759. The quantitative estimate of drug-likeness (QED) is 0.827. The molecule has 18 heavy (non-hydrogen) atoms. The Hall–Kier alpha value is -1.39. The Morgan fingerprint density at radius 2 is 1.94 bits per heavy atom. The first-order chi connectivity index (χ1) is 8.74. The monoisotopic (exact) mass is 248 g/mol. The molecule has 2 N–H and O–H groups in total. The van der Waals surface area contributed by atoms with Gasteiger partial charge in [0.05, 0.1) is 12.6 Å². The molecule has 4 nitrogen and oxygen atoms in total. The number of amides is 1. The maximum atomic E-state index is 11.8. The van der Waals surface area contributed by atoms with Crippen molar-refractivity contribution in [3.63, 3.8) is 0 Å². The van der Waals surface area contributed by atoms with Crippen LogP contribution in [0.1, 0.15) is 18.4 Å². The van der Waals surface area contributed by atoms with Crippen molar-refractivity contribution in [3.05, 3.63) is 35.9 Å². The van der Waals surface area contributed by atoms with Gasteiger partial charge in [0, 0.05) is 19.6 Å². The Bertz CT molecular complexity index is 373. The summed E-state index contributed by atoms with van der Waals surface area (Å²) in [7, 11) is 0. The first kappa shape index (κ1) is 13.1. The number of aliphatic hydroxyl groups is 1. The molecule has 1 aromatic rings. The van der Waals surface area contributed by atoms with E-state index >= 15 is 0 Å². The molecule has 1 fully saturated rings. The van der Waals surface area contributed by atoms with Gasteiger partial charge >= 0.3 is 0 Å². The SMILES string of the molecule is O=C(CN1CCC(O)CC1)NCc1ccccc1. The average molecular weight is 248 g/mol. The topological polar surface area (TPSA) is 52.6 Å². The fraction of sp³-hybridized carbons (Fsp3) is 0.500. The number of likely N-dealkylation sites (tertiary alicyclic amines) is 1. The highest BCUT2D eigenvalue weighted by Crippen LogP contribution is 2.09. The summed E-state index contributed by atoms with van der Waals surface area (Å²) in [5.41, 5.74) is 1.11. The summed E-state index contributed by atoms with van der Waals surface area (Å²) in [6, 6.07) is 9.89. The molecule has 0 aromatic heterocycles. The standard InChI is InChI=1S/C14H20N2O2/c17-13-6-8-16(9-7-13)11-14(18)15-10-12-4-2-1-3-5-12/h1-5,13,17H,6-11H2,(H,15,18). The Balaban J connectivity index is 1.69. The molecule has 98 valence electrons. The van der Waals surface area contributed by atoms with Crippen LogP contribution in [-0.2, 0) is 11.3 Å². The van der Waals surface area contributed by atoms with Crippen molar-refractivity contribution in [2.24, 2.45) is 0 Å². The van der Waals surface area contributed by atoms with E-state index < -0.39 is 0 Å². The van der Waals surface area contributed by atoms with Gasteiger partial charge in [-0.05, 0) is 18.4 Å². The largest absolute Gasteiger partial charge is 0.393 e. The zero-order valence-electron chi connectivity index (χ0n) is 10.5. The van der Waals surface area contributed by atoms with Gasteiger partial charge in [-0.3, -0.25) is 9.69 Å². The molecule has 1 amide bonds. The highest BCUT2D eigenvalue weighted by molar-refractivity contribution is 5.78. The normalized spacial score (nSPS) is 17.6. The second-order valence-corrected chi connectivity index (χ2v) is 4.77. The van der Waals surface area contributed by atoms with Gasteiger partial charge in [-0.15, -0.1) is 0 Å². The Labute approximate surface area is 108 Å². The van der Waals surface area contributed by atoms with Crippen molar-refractivity contribution in [1.82, 2.24) is 10.2 Å². The number of piperidine rings is 1. The van der Waals surface area contributed by atoms with Gasteiger partial charge in [0.25, 0.3) is 0 Å². The van der Waals surface area contributed by atoms with Crippen LogP contribution >= 0.6 is 0 Å². The third-order valence-electron chi connectivity index (χ3n) is 3.26. The number of rotatable bonds is 4. The van der Waals surface area contributed by atoms with Crippen molar-refractivity contribution < 1.29 is 9.90 Å². The Morgan fingerprint density at radius 3 is 2.61 bits per heavy atom. The maximum Gasteiger partial charge on any atom is 0.234 e. The van der Waals surface area contributed by atoms with Crippen LogP contribution in [0, 0.1) is 0 Å². The van der Waals surface area contributed by atoms with E-state index in [1.165, 1.54) is 0 Å². The first-order valence-electron chi connectivity index (χ1n) is 6.45. The highest BCUT2D eigenvalue weighted by Gasteiger charge is 2.18. The van der Waals surface area contributed by atoms with Gasteiger partial charge in [0.15, 0.2) is 0 Å². The lowest BCUT2D eigenvalue weighted by Gasteiger charge is -2.28. The molecule has 0 spiro atoms. The van der Waals surface area contributed by atoms with Crippen molar-refractivity contribution in [3.8, 4) is 0 Å². The van der Waals surface area contributed by atoms with E-state index in [-0.39, 0.29) is 12.0 Å². The molecule has 0 atom stereocenters. The summed E-state index contributed by atoms with van der Waals surface area (Å²) in [6.07, 6.45) is 1.35. The summed E-state index contributed by atoms with van der Waals surface area (Å²) in [6.45, 7) is 2.62. The van der Waals surface area contributed by atoms with Crippen molar-refractivity contribution in [2.45, 2.75) is 25.5 Å². The molecule has 0 aliphatic carbocycles. The Kier molecular flexibility index (Phi) is 4.73. The lowest BCUT2D eigenvalue weighted by Crippen LogP contribution is -2.42. The van der Waals surface area contributed by atoms with E-state index in [1.54, 1.807) is 0 Å². The summed E-state index contributed by atoms with van der Waals surface area (Å²) in [5.74, 6) is 0.0512. The number of nitrogens with zero attached hydrogens (tertiary/aromatic N) is 1. The third kappa shape index (κ3) is 4.13. The number of nitrogens with one attached hydrogen (secondary N) is 1. The Morgan fingerprint density at radius 1 is 1.28 bits per heavy atom. The number of carbonyl (C=O) groups is 1. The molecule has 0 radical (unpaired) electrons. The summed E-state index contributed by atoms with van der Waals surface area (Å²) in [5, 5.41) is 12.3. The van der Waals surface area contributed by atoms with Gasteiger partial charge in [-0.2, -0.15) is 0 Å². The van der Waals surface area contributed by atoms with E-state index in [0.29, 0.717) is 13.1 Å². The smallest absolute Gasteiger partial charge is 0.234 e. The minimum atomic E-state index is -0.186. The lowest BCUT2D eigenvalue weighted by atomic mass is 10.1. The minimum Gasteiger partial charge on any atom is -0.393 e. The molecule has 1 saturated heterocycles. The third-order valence-corrected chi connectivity index (χ3v) is 3.26. The molecule has 0 unspecified atom stereocenters. The summed E-state index contributed by atoms with van der Waals surface area (Å²) < 4.78 is 0. The first-order valence-corrected chi connectivity index (χ1v) is 6.45. The number of aliphatic hydroxyl groups excluding tert-OH is 1. The van der Waals surface area contributed by atoms with Crippen LogP contribution in [-0.4, -0.2) is 41.7 Å².